The summed E-state index contributed by atoms with van der Waals surface area (Å²) in [4.78, 5) is 29.5. The van der Waals surface area contributed by atoms with Crippen LogP contribution in [0.3, 0.4) is 0 Å². The largest absolute Gasteiger partial charge is 0.339 e. The number of nitrogens with one attached hydrogen (secondary N) is 1. The first-order chi connectivity index (χ1) is 13.1. The minimum absolute atomic E-state index is 0.0184. The van der Waals surface area contributed by atoms with Crippen LogP contribution in [0.4, 0.5) is 10.5 Å². The second-order valence-electron chi connectivity index (χ2n) is 7.37. The van der Waals surface area contributed by atoms with E-state index in [0.29, 0.717) is 24.3 Å². The summed E-state index contributed by atoms with van der Waals surface area (Å²) in [6, 6.07) is 13.7. The number of carbonyl (C=O) groups is 2. The molecule has 0 aliphatic carbocycles. The van der Waals surface area contributed by atoms with Crippen molar-refractivity contribution < 1.29 is 9.59 Å². The molecule has 0 unspecified atom stereocenters. The average Bonchev–Trinajstić information content (AvgIpc) is 3.22. The number of urea groups is 1. The van der Waals surface area contributed by atoms with E-state index in [4.69, 9.17) is 0 Å². The third-order valence-electron chi connectivity index (χ3n) is 5.54. The van der Waals surface area contributed by atoms with Crippen LogP contribution in [0.2, 0.25) is 0 Å². The highest BCUT2D eigenvalue weighted by atomic mass is 16.2. The Balaban J connectivity index is 1.53. The third kappa shape index (κ3) is 3.54. The maximum absolute atomic E-state index is 13.0. The van der Waals surface area contributed by atoms with Crippen LogP contribution in [0.1, 0.15) is 39.9 Å². The first kappa shape index (κ1) is 17.6. The van der Waals surface area contributed by atoms with Crippen LogP contribution in [0.25, 0.3) is 0 Å². The zero-order chi connectivity index (χ0) is 18.8. The highest BCUT2D eigenvalue weighted by Gasteiger charge is 2.26. The first-order valence-electron chi connectivity index (χ1n) is 9.65. The number of nitrogens with zero attached hydrogens (tertiary/aromatic N) is 2. The molecule has 140 valence electrons. The van der Waals surface area contributed by atoms with Gasteiger partial charge in [0.1, 0.15) is 0 Å². The van der Waals surface area contributed by atoms with E-state index in [-0.39, 0.29) is 11.9 Å². The van der Waals surface area contributed by atoms with Crippen molar-refractivity contribution in [2.75, 3.05) is 25.0 Å². The molecule has 2 aromatic rings. The van der Waals surface area contributed by atoms with Gasteiger partial charge >= 0.3 is 6.03 Å². The van der Waals surface area contributed by atoms with Crippen LogP contribution in [0.15, 0.2) is 42.5 Å². The normalized spacial score (nSPS) is 16.2. The summed E-state index contributed by atoms with van der Waals surface area (Å²) in [6.45, 7) is 4.80. The number of anilines is 1. The van der Waals surface area contributed by atoms with E-state index in [9.17, 15) is 9.59 Å². The summed E-state index contributed by atoms with van der Waals surface area (Å²) in [6.07, 6.45) is 2.95. The molecule has 0 radical (unpaired) electrons. The van der Waals surface area contributed by atoms with Gasteiger partial charge in [-0.3, -0.25) is 4.79 Å². The van der Waals surface area contributed by atoms with Gasteiger partial charge in [0.15, 0.2) is 0 Å². The Bertz CT molecular complexity index is 872. The van der Waals surface area contributed by atoms with Crippen molar-refractivity contribution in [2.24, 2.45) is 0 Å². The van der Waals surface area contributed by atoms with Gasteiger partial charge in [0, 0.05) is 26.2 Å². The van der Waals surface area contributed by atoms with E-state index in [1.54, 1.807) is 0 Å². The lowest BCUT2D eigenvalue weighted by Crippen LogP contribution is -2.39. The van der Waals surface area contributed by atoms with Crippen LogP contribution in [0, 0.1) is 6.92 Å². The van der Waals surface area contributed by atoms with Crippen molar-refractivity contribution in [3.8, 4) is 0 Å². The van der Waals surface area contributed by atoms with E-state index < -0.39 is 0 Å². The van der Waals surface area contributed by atoms with Crippen LogP contribution >= 0.6 is 0 Å². The number of benzene rings is 2. The van der Waals surface area contributed by atoms with Gasteiger partial charge in [-0.15, -0.1) is 0 Å². The Morgan fingerprint density at radius 1 is 0.889 bits per heavy atom. The van der Waals surface area contributed by atoms with Crippen molar-refractivity contribution in [1.82, 2.24) is 9.80 Å². The molecule has 5 heteroatoms. The Morgan fingerprint density at radius 2 is 1.63 bits per heavy atom. The van der Waals surface area contributed by atoms with Gasteiger partial charge in [-0.25, -0.2) is 4.79 Å². The smallest absolute Gasteiger partial charge is 0.322 e. The quantitative estimate of drug-likeness (QED) is 0.882. The highest BCUT2D eigenvalue weighted by molar-refractivity contribution is 6.04. The Hall–Kier alpha value is -2.82. The molecule has 3 amide bonds. The molecule has 0 spiro atoms. The molecule has 2 aromatic carbocycles. The van der Waals surface area contributed by atoms with E-state index in [1.807, 2.05) is 47.1 Å². The second-order valence-corrected chi connectivity index (χ2v) is 7.37. The number of carbonyl (C=O) groups excluding carboxylic acids is 2. The van der Waals surface area contributed by atoms with Crippen LogP contribution in [0.5, 0.6) is 0 Å². The molecular weight excluding hydrogens is 338 g/mol. The molecule has 27 heavy (non-hydrogen) atoms. The lowest BCUT2D eigenvalue weighted by molar-refractivity contribution is 0.0793. The predicted molar refractivity (Wildman–Crippen MR) is 106 cm³/mol. The maximum atomic E-state index is 13.0. The molecule has 0 saturated carbocycles. The van der Waals surface area contributed by atoms with Crippen molar-refractivity contribution in [2.45, 2.75) is 32.7 Å². The van der Waals surface area contributed by atoms with Crippen LogP contribution in [-0.4, -0.2) is 41.4 Å². The minimum Gasteiger partial charge on any atom is -0.339 e. The summed E-state index contributed by atoms with van der Waals surface area (Å²) in [5.74, 6) is 0.0184. The molecule has 1 fully saturated rings. The van der Waals surface area contributed by atoms with Gasteiger partial charge < -0.3 is 15.1 Å². The predicted octanol–water partition coefficient (Wildman–Crippen LogP) is 3.82. The van der Waals surface area contributed by atoms with Crippen molar-refractivity contribution in [1.29, 1.82) is 0 Å². The zero-order valence-corrected chi connectivity index (χ0v) is 15.7. The average molecular weight is 363 g/mol. The number of rotatable bonds is 2. The topological polar surface area (TPSA) is 52.7 Å². The fourth-order valence-corrected chi connectivity index (χ4v) is 4.00. The standard InChI is InChI=1S/C22H25N3O2/c1-16-7-6-10-19(20(16)21(26)24-12-4-5-13-24)23-22(27)25-14-11-17-8-2-3-9-18(17)15-25/h2-3,6-10H,4-5,11-15H2,1H3,(H,23,27). The van der Waals surface area contributed by atoms with Gasteiger partial charge in [0.2, 0.25) is 0 Å². The monoisotopic (exact) mass is 363 g/mol. The van der Waals surface area contributed by atoms with Crippen LogP contribution in [-0.2, 0) is 13.0 Å². The molecule has 4 rings (SSSR count). The molecule has 2 aliphatic heterocycles. The van der Waals surface area contributed by atoms with Gasteiger partial charge in [-0.1, -0.05) is 36.4 Å². The zero-order valence-electron chi connectivity index (χ0n) is 15.7. The molecular formula is C22H25N3O2. The van der Waals surface area contributed by atoms with E-state index in [0.717, 1.165) is 37.9 Å². The van der Waals surface area contributed by atoms with Gasteiger partial charge in [0.25, 0.3) is 5.91 Å². The molecule has 1 N–H and O–H groups in total. The maximum Gasteiger partial charge on any atom is 0.322 e. The lowest BCUT2D eigenvalue weighted by atomic mass is 10.0. The van der Waals surface area contributed by atoms with E-state index in [2.05, 4.69) is 17.4 Å². The first-order valence-corrected chi connectivity index (χ1v) is 9.65. The number of likely N-dealkylation sites (tertiary alicyclic amines) is 1. The summed E-state index contributed by atoms with van der Waals surface area (Å²) in [5, 5.41) is 3.00. The second kappa shape index (κ2) is 7.43. The fourth-order valence-electron chi connectivity index (χ4n) is 4.00. The fraction of sp³-hybridized carbons (Fsp3) is 0.364. The molecule has 0 atom stereocenters. The minimum atomic E-state index is -0.148. The molecule has 0 bridgehead atoms. The summed E-state index contributed by atoms with van der Waals surface area (Å²) in [7, 11) is 0. The molecule has 2 aliphatic rings. The van der Waals surface area contributed by atoms with Gasteiger partial charge in [-0.2, -0.15) is 0 Å². The SMILES string of the molecule is Cc1cccc(NC(=O)N2CCc3ccccc3C2)c1C(=O)N1CCCC1. The van der Waals surface area contributed by atoms with E-state index in [1.165, 1.54) is 11.1 Å². The molecule has 5 nitrogen and oxygen atoms in total. The third-order valence-corrected chi connectivity index (χ3v) is 5.54. The Labute approximate surface area is 160 Å². The Kier molecular flexibility index (Phi) is 4.84. The highest BCUT2D eigenvalue weighted by Crippen LogP contribution is 2.25. The number of amides is 3. The Morgan fingerprint density at radius 3 is 2.41 bits per heavy atom. The van der Waals surface area contributed by atoms with Crippen LogP contribution < -0.4 is 5.32 Å². The van der Waals surface area contributed by atoms with Crippen molar-refractivity contribution in [3.63, 3.8) is 0 Å². The van der Waals surface area contributed by atoms with E-state index >= 15 is 0 Å². The molecule has 0 aromatic heterocycles. The summed E-state index contributed by atoms with van der Waals surface area (Å²) < 4.78 is 0. The van der Waals surface area contributed by atoms with Gasteiger partial charge in [0.05, 0.1) is 11.3 Å². The lowest BCUT2D eigenvalue weighted by Gasteiger charge is -2.29. The van der Waals surface area contributed by atoms with Crippen molar-refractivity contribution in [3.05, 3.63) is 64.7 Å². The molecule has 2 heterocycles. The van der Waals surface area contributed by atoms with Gasteiger partial charge in [-0.05, 0) is 48.9 Å². The number of aryl methyl sites for hydroxylation is 1. The number of hydrogen-bond acceptors (Lipinski definition) is 2. The number of hydrogen-bond donors (Lipinski definition) is 1. The summed E-state index contributed by atoms with van der Waals surface area (Å²) in [5.41, 5.74) is 4.62. The number of fused-ring (bicyclic) bond motifs is 1. The molecule has 1 saturated heterocycles. The summed E-state index contributed by atoms with van der Waals surface area (Å²) >= 11 is 0. The van der Waals surface area contributed by atoms with Crippen molar-refractivity contribution >= 4 is 17.6 Å².